The lowest BCUT2D eigenvalue weighted by atomic mass is 9.93. The van der Waals surface area contributed by atoms with Gasteiger partial charge in [-0.15, -0.1) is 0 Å². The van der Waals surface area contributed by atoms with Gasteiger partial charge in [0, 0.05) is 39.8 Å². The summed E-state index contributed by atoms with van der Waals surface area (Å²) >= 11 is 0. The maximum Gasteiger partial charge on any atom is 0.245 e. The molecule has 0 aromatic heterocycles. The van der Waals surface area contributed by atoms with E-state index >= 15 is 0 Å². The smallest absolute Gasteiger partial charge is 0.245 e. The molecular weight excluding hydrogens is 939 g/mol. The zero-order valence-corrected chi connectivity index (χ0v) is 42.8. The maximum atomic E-state index is 13.7. The molecule has 6 atom stereocenters. The SMILES string of the molecule is CCC(C)C1NC(=O)[C@H](Cc2ccc(O)cc2)NC(=O)CNC(=O)CCC(C(=O)N(C)CC(=O)NC2(C(C)=O)CCCC2)NC(=O)[C@H](CC(N)=O)NC(=O)CNC1=O.CCC(C)CC(=O)NC.CCC(N)=O. The van der Waals surface area contributed by atoms with Crippen LogP contribution in [0.3, 0.4) is 0 Å². The Bertz CT molecular complexity index is 2060. The molecule has 11 amide bonds. The number of carbonyl (C=O) groups excluding carboxylic acids is 12. The van der Waals surface area contributed by atoms with E-state index in [2.05, 4.69) is 62.1 Å². The molecule has 1 saturated heterocycles. The summed E-state index contributed by atoms with van der Waals surface area (Å²) in [7, 11) is 2.94. The lowest BCUT2D eigenvalue weighted by Crippen LogP contribution is -2.59. The summed E-state index contributed by atoms with van der Waals surface area (Å²) in [5.74, 6) is -7.81. The van der Waals surface area contributed by atoms with Crippen LogP contribution in [0.1, 0.15) is 118 Å². The van der Waals surface area contributed by atoms with Gasteiger partial charge in [0.2, 0.25) is 65.0 Å². The molecule has 3 rings (SSSR count). The van der Waals surface area contributed by atoms with Gasteiger partial charge in [0.1, 0.15) is 29.9 Å². The zero-order valence-electron chi connectivity index (χ0n) is 42.8. The van der Waals surface area contributed by atoms with Crippen molar-refractivity contribution in [3.05, 3.63) is 29.8 Å². The van der Waals surface area contributed by atoms with Crippen molar-refractivity contribution < 1.29 is 62.6 Å². The highest BCUT2D eigenvalue weighted by Crippen LogP contribution is 2.30. The summed E-state index contributed by atoms with van der Waals surface area (Å²) in [6.07, 6.45) is 3.33. The number of hydrogen-bond acceptors (Lipinski definition) is 13. The number of nitrogens with one attached hydrogen (secondary N) is 8. The van der Waals surface area contributed by atoms with Crippen molar-refractivity contribution in [1.29, 1.82) is 0 Å². The molecule has 13 N–H and O–H groups in total. The minimum atomic E-state index is -1.64. The lowest BCUT2D eigenvalue weighted by molar-refractivity contribution is -0.140. The highest BCUT2D eigenvalue weighted by Gasteiger charge is 2.40. The van der Waals surface area contributed by atoms with Gasteiger partial charge >= 0.3 is 0 Å². The Labute approximate surface area is 420 Å². The van der Waals surface area contributed by atoms with Crippen molar-refractivity contribution in [1.82, 2.24) is 47.4 Å². The summed E-state index contributed by atoms with van der Waals surface area (Å²) in [6.45, 7) is 8.88. The van der Waals surface area contributed by atoms with Crippen LogP contribution in [-0.2, 0) is 64.0 Å². The minimum absolute atomic E-state index is 0.0304. The summed E-state index contributed by atoms with van der Waals surface area (Å²) in [5, 5.41) is 29.8. The number of ketones is 1. The van der Waals surface area contributed by atoms with Crippen LogP contribution in [0.5, 0.6) is 5.75 Å². The van der Waals surface area contributed by atoms with Gasteiger partial charge in [-0.2, -0.15) is 0 Å². The Morgan fingerprint density at radius 1 is 0.764 bits per heavy atom. The second-order valence-electron chi connectivity index (χ2n) is 18.0. The van der Waals surface area contributed by atoms with E-state index in [0.29, 0.717) is 43.6 Å². The Morgan fingerprint density at radius 3 is 1.83 bits per heavy atom. The predicted molar refractivity (Wildman–Crippen MR) is 263 cm³/mol. The standard InChI is InChI=1S/C38H55N9O11.C7H15NO.C3H7NO/c1-5-21(2)33-36(57)41-19-31(53)43-27(17-28(39)50)34(55)44-25(37(58)47(4)20-32(54)46-38(22(3)48)14-6-7-15-38)12-13-29(51)40-18-30(52)42-26(35(56)45-33)16-23-8-10-24(49)11-9-23;1-4-6(2)5-7(9)8-3;1-2-3(4)5/h8-11,21,25-27,33,49H,5-7,12-20H2,1-4H3,(H2,39,50)(H,40,51)(H,41,57)(H,42,52)(H,43,53)(H,44,55)(H,45,56)(H,46,54);6H,4-5H2,1-3H3,(H,8,9);2H2,1H3,(H2,4,5)/t21?,25?,26-,27-,33?;;/m0../s1. The number of primary amides is 2. The number of aromatic hydroxyl groups is 1. The summed E-state index contributed by atoms with van der Waals surface area (Å²) in [5.41, 5.74) is 9.51. The summed E-state index contributed by atoms with van der Waals surface area (Å²) in [4.78, 5) is 152. The van der Waals surface area contributed by atoms with E-state index in [-0.39, 0.29) is 36.2 Å². The van der Waals surface area contributed by atoms with Gasteiger partial charge in [-0.25, -0.2) is 0 Å². The first-order valence-corrected chi connectivity index (χ1v) is 24.2. The van der Waals surface area contributed by atoms with Crippen LogP contribution < -0.4 is 54.0 Å². The number of phenolic OH excluding ortho intramolecular Hbond substituents is 1. The molecule has 402 valence electrons. The fourth-order valence-electron chi connectivity index (χ4n) is 7.26. The second kappa shape index (κ2) is 32.0. The van der Waals surface area contributed by atoms with Gasteiger partial charge in [-0.05, 0) is 55.7 Å². The van der Waals surface area contributed by atoms with Crippen molar-refractivity contribution in [2.45, 2.75) is 148 Å². The van der Waals surface area contributed by atoms with Crippen LogP contribution >= 0.6 is 0 Å². The van der Waals surface area contributed by atoms with Gasteiger partial charge in [-0.1, -0.05) is 72.4 Å². The summed E-state index contributed by atoms with van der Waals surface area (Å²) < 4.78 is 0. The molecule has 1 aliphatic heterocycles. The third-order valence-electron chi connectivity index (χ3n) is 12.1. The molecule has 0 bridgehead atoms. The fourth-order valence-corrected chi connectivity index (χ4v) is 7.26. The molecule has 2 aliphatic rings. The van der Waals surface area contributed by atoms with Gasteiger partial charge in [-0.3, -0.25) is 57.5 Å². The molecule has 0 spiro atoms. The van der Waals surface area contributed by atoms with Gasteiger partial charge < -0.3 is 64.0 Å². The van der Waals surface area contributed by atoms with Gasteiger partial charge in [0.15, 0.2) is 5.78 Å². The maximum absolute atomic E-state index is 13.7. The van der Waals surface area contributed by atoms with E-state index in [1.807, 2.05) is 0 Å². The van der Waals surface area contributed by atoms with Crippen LogP contribution in [0.4, 0.5) is 0 Å². The van der Waals surface area contributed by atoms with Crippen LogP contribution in [0.15, 0.2) is 24.3 Å². The first-order valence-electron chi connectivity index (χ1n) is 24.2. The molecule has 1 saturated carbocycles. The highest BCUT2D eigenvalue weighted by atomic mass is 16.3. The van der Waals surface area contributed by atoms with Crippen LogP contribution in [0, 0.1) is 11.8 Å². The first kappa shape index (κ1) is 62.9. The van der Waals surface area contributed by atoms with Crippen LogP contribution in [0.25, 0.3) is 0 Å². The van der Waals surface area contributed by atoms with Crippen LogP contribution in [0.2, 0.25) is 0 Å². The molecule has 4 unspecified atom stereocenters. The van der Waals surface area contributed by atoms with Crippen molar-refractivity contribution in [2.75, 3.05) is 33.7 Å². The molecule has 24 nitrogen and oxygen atoms in total. The Hall–Kier alpha value is -7.14. The van der Waals surface area contributed by atoms with Crippen molar-refractivity contribution in [2.24, 2.45) is 23.3 Å². The van der Waals surface area contributed by atoms with E-state index in [0.717, 1.165) is 24.2 Å². The van der Waals surface area contributed by atoms with E-state index in [9.17, 15) is 62.6 Å². The van der Waals surface area contributed by atoms with E-state index in [4.69, 9.17) is 5.73 Å². The molecule has 1 aliphatic carbocycles. The number of amides is 11. The van der Waals surface area contributed by atoms with E-state index in [1.54, 1.807) is 27.8 Å². The Kier molecular flexibility index (Phi) is 27.9. The predicted octanol–water partition coefficient (Wildman–Crippen LogP) is -1.65. The average molecular weight is 1020 g/mol. The molecule has 1 aromatic rings. The minimum Gasteiger partial charge on any atom is -0.508 e. The number of benzene rings is 1. The van der Waals surface area contributed by atoms with Crippen LogP contribution in [-0.4, -0.2) is 144 Å². The van der Waals surface area contributed by atoms with Gasteiger partial charge in [0.05, 0.1) is 31.6 Å². The number of phenols is 1. The average Bonchev–Trinajstić information content (AvgIpc) is 3.82. The molecule has 1 heterocycles. The molecule has 2 fully saturated rings. The van der Waals surface area contributed by atoms with Gasteiger partial charge in [0.25, 0.3) is 0 Å². The number of nitrogens with two attached hydrogens (primary N) is 2. The molecule has 1 aromatic carbocycles. The van der Waals surface area contributed by atoms with Crippen molar-refractivity contribution >= 4 is 70.8 Å². The first-order chi connectivity index (χ1) is 33.8. The normalized spacial score (nSPS) is 20.7. The number of hydrogen-bond donors (Lipinski definition) is 11. The number of nitrogens with zero attached hydrogens (tertiary/aromatic N) is 1. The molecular formula is C48H77N11O13. The number of likely N-dealkylation sites (N-methyl/N-ethyl adjacent to an activating group) is 1. The molecule has 0 radical (unpaired) electrons. The second-order valence-corrected chi connectivity index (χ2v) is 18.0. The van der Waals surface area contributed by atoms with E-state index in [1.165, 1.54) is 38.2 Å². The molecule has 24 heteroatoms. The van der Waals surface area contributed by atoms with Crippen molar-refractivity contribution in [3.63, 3.8) is 0 Å². The fraction of sp³-hybridized carbons (Fsp3) is 0.625. The third kappa shape index (κ3) is 23.2. The highest BCUT2D eigenvalue weighted by molar-refractivity contribution is 5.98. The van der Waals surface area contributed by atoms with Crippen molar-refractivity contribution in [3.8, 4) is 5.75 Å². The lowest BCUT2D eigenvalue weighted by Gasteiger charge is -2.30. The van der Waals surface area contributed by atoms with E-state index < -0.39 is 121 Å². The molecule has 72 heavy (non-hydrogen) atoms. The topological polar surface area (TPSA) is 377 Å². The third-order valence-corrected chi connectivity index (χ3v) is 12.1. The Balaban J connectivity index is 0.00000161. The quantitative estimate of drug-likeness (QED) is 0.0940. The Morgan fingerprint density at radius 2 is 1.32 bits per heavy atom. The number of rotatable bonds is 15. The number of carbonyl (C=O) groups is 12. The summed E-state index contributed by atoms with van der Waals surface area (Å²) in [6, 6.07) is 0.246. The monoisotopic (exact) mass is 1020 g/mol. The zero-order chi connectivity index (χ0) is 54.7. The number of Topliss-reactive ketones (excluding diaryl/α,β-unsaturated/α-hetero) is 1. The largest absolute Gasteiger partial charge is 0.508 e.